The van der Waals surface area contributed by atoms with E-state index in [9.17, 15) is 14.9 Å². The molecule has 0 bridgehead atoms. The minimum Gasteiger partial charge on any atom is -0.493 e. The van der Waals surface area contributed by atoms with Gasteiger partial charge in [-0.1, -0.05) is 12.1 Å². The molecule has 0 fully saturated rings. The van der Waals surface area contributed by atoms with Crippen LogP contribution in [0.1, 0.15) is 15.9 Å². The first-order chi connectivity index (χ1) is 13.0. The summed E-state index contributed by atoms with van der Waals surface area (Å²) in [5.74, 6) is 0.776. The summed E-state index contributed by atoms with van der Waals surface area (Å²) < 4.78 is 10.5. The quantitative estimate of drug-likeness (QED) is 0.643. The van der Waals surface area contributed by atoms with Crippen molar-refractivity contribution >= 4 is 23.4 Å². The smallest absolute Gasteiger partial charge is 0.276 e. The number of nitro benzene ring substituents is 1. The molecule has 3 rings (SSSR count). The lowest BCUT2D eigenvalue weighted by atomic mass is 10.1. The van der Waals surface area contributed by atoms with Crippen molar-refractivity contribution in [1.29, 1.82) is 0 Å². The SMILES string of the molecule is COc1cc2c(cc1OC)C(=O)N(C)C(C=Cc1ccccc1[N+](=O)[O-])N2. The number of para-hydroxylation sites is 1. The van der Waals surface area contributed by atoms with Crippen molar-refractivity contribution in [2.24, 2.45) is 0 Å². The van der Waals surface area contributed by atoms with Crippen LogP contribution in [0.2, 0.25) is 0 Å². The van der Waals surface area contributed by atoms with Crippen LogP contribution in [-0.4, -0.2) is 43.2 Å². The molecule has 0 saturated heterocycles. The number of methoxy groups -OCH3 is 2. The molecule has 1 N–H and O–H groups in total. The number of carbonyl (C=O) groups excluding carboxylic acids is 1. The number of fused-ring (bicyclic) bond motifs is 1. The Morgan fingerprint density at radius 2 is 1.85 bits per heavy atom. The van der Waals surface area contributed by atoms with Gasteiger partial charge in [0.2, 0.25) is 0 Å². The number of ether oxygens (including phenoxy) is 2. The zero-order chi connectivity index (χ0) is 19.6. The highest BCUT2D eigenvalue weighted by Gasteiger charge is 2.29. The van der Waals surface area contributed by atoms with Gasteiger partial charge in [-0.05, 0) is 24.3 Å². The van der Waals surface area contributed by atoms with Gasteiger partial charge in [0.25, 0.3) is 11.6 Å². The standard InChI is InChI=1S/C19H19N3O5/c1-21-18(9-8-12-6-4-5-7-15(12)22(24)25)20-14-11-17(27-3)16(26-2)10-13(14)19(21)23/h4-11,18,20H,1-3H3. The average molecular weight is 369 g/mol. The highest BCUT2D eigenvalue weighted by atomic mass is 16.6. The van der Waals surface area contributed by atoms with Crippen LogP contribution in [0.3, 0.4) is 0 Å². The molecule has 1 unspecified atom stereocenters. The maximum Gasteiger partial charge on any atom is 0.276 e. The maximum atomic E-state index is 12.7. The predicted octanol–water partition coefficient (Wildman–Crippen LogP) is 3.15. The third kappa shape index (κ3) is 3.41. The summed E-state index contributed by atoms with van der Waals surface area (Å²) in [5, 5.41) is 14.4. The van der Waals surface area contributed by atoms with Gasteiger partial charge in [-0.2, -0.15) is 0 Å². The van der Waals surface area contributed by atoms with E-state index in [0.29, 0.717) is 28.3 Å². The Hall–Kier alpha value is -3.55. The number of anilines is 1. The number of likely N-dealkylation sites (N-methyl/N-ethyl adjacent to an activating group) is 1. The van der Waals surface area contributed by atoms with E-state index in [1.165, 1.54) is 25.2 Å². The van der Waals surface area contributed by atoms with Gasteiger partial charge in [0.1, 0.15) is 6.17 Å². The third-order valence-corrected chi connectivity index (χ3v) is 4.39. The van der Waals surface area contributed by atoms with E-state index in [-0.39, 0.29) is 11.6 Å². The number of rotatable bonds is 5. The molecule has 0 saturated carbocycles. The molecular weight excluding hydrogens is 350 g/mol. The van der Waals surface area contributed by atoms with Crippen LogP contribution in [0.5, 0.6) is 11.5 Å². The van der Waals surface area contributed by atoms with Crippen molar-refractivity contribution < 1.29 is 19.2 Å². The molecular formula is C19H19N3O5. The Labute approximate surface area is 156 Å². The molecule has 0 spiro atoms. The van der Waals surface area contributed by atoms with Crippen LogP contribution in [0.4, 0.5) is 11.4 Å². The molecule has 0 aromatic heterocycles. The van der Waals surface area contributed by atoms with E-state index in [2.05, 4.69) is 5.32 Å². The summed E-state index contributed by atoms with van der Waals surface area (Å²) in [6.45, 7) is 0. The van der Waals surface area contributed by atoms with Crippen LogP contribution in [0, 0.1) is 10.1 Å². The van der Waals surface area contributed by atoms with E-state index in [1.807, 2.05) is 0 Å². The van der Waals surface area contributed by atoms with Gasteiger partial charge in [-0.15, -0.1) is 0 Å². The topological polar surface area (TPSA) is 93.9 Å². The van der Waals surface area contributed by atoms with E-state index in [1.54, 1.807) is 49.5 Å². The highest BCUT2D eigenvalue weighted by Crippen LogP contribution is 2.36. The summed E-state index contributed by atoms with van der Waals surface area (Å²) >= 11 is 0. The minimum atomic E-state index is -0.470. The average Bonchev–Trinajstić information content (AvgIpc) is 2.68. The number of amides is 1. The van der Waals surface area contributed by atoms with E-state index >= 15 is 0 Å². The van der Waals surface area contributed by atoms with Crippen LogP contribution in [0.15, 0.2) is 42.5 Å². The molecule has 1 amide bonds. The highest BCUT2D eigenvalue weighted by molar-refractivity contribution is 6.02. The molecule has 0 radical (unpaired) electrons. The number of benzene rings is 2. The van der Waals surface area contributed by atoms with Crippen molar-refractivity contribution in [2.75, 3.05) is 26.6 Å². The van der Waals surface area contributed by atoms with Gasteiger partial charge < -0.3 is 19.7 Å². The molecule has 2 aromatic rings. The molecule has 1 atom stereocenters. The van der Waals surface area contributed by atoms with E-state index < -0.39 is 11.1 Å². The number of nitro groups is 1. The summed E-state index contributed by atoms with van der Waals surface area (Å²) in [6, 6.07) is 9.76. The van der Waals surface area contributed by atoms with Crippen molar-refractivity contribution in [1.82, 2.24) is 4.90 Å². The van der Waals surface area contributed by atoms with Gasteiger partial charge in [0.15, 0.2) is 11.5 Å². The van der Waals surface area contributed by atoms with Gasteiger partial charge in [0.05, 0.1) is 36.0 Å². The van der Waals surface area contributed by atoms with Gasteiger partial charge in [-0.25, -0.2) is 0 Å². The molecule has 1 heterocycles. The molecule has 1 aliphatic rings. The fraction of sp³-hybridized carbons (Fsp3) is 0.211. The maximum absolute atomic E-state index is 12.7. The fourth-order valence-electron chi connectivity index (χ4n) is 2.91. The molecule has 2 aromatic carbocycles. The molecule has 140 valence electrons. The van der Waals surface area contributed by atoms with Crippen molar-refractivity contribution in [3.05, 3.63) is 63.7 Å². The predicted molar refractivity (Wildman–Crippen MR) is 101 cm³/mol. The van der Waals surface area contributed by atoms with E-state index in [4.69, 9.17) is 9.47 Å². The summed E-state index contributed by atoms with van der Waals surface area (Å²) in [7, 11) is 4.68. The van der Waals surface area contributed by atoms with Crippen LogP contribution in [-0.2, 0) is 0 Å². The Morgan fingerprint density at radius 3 is 2.52 bits per heavy atom. The minimum absolute atomic E-state index is 0.00495. The zero-order valence-corrected chi connectivity index (χ0v) is 15.1. The monoisotopic (exact) mass is 369 g/mol. The molecule has 1 aliphatic heterocycles. The fourth-order valence-corrected chi connectivity index (χ4v) is 2.91. The van der Waals surface area contributed by atoms with E-state index in [0.717, 1.165) is 0 Å². The normalized spacial score (nSPS) is 16.0. The lowest BCUT2D eigenvalue weighted by molar-refractivity contribution is -0.385. The Morgan fingerprint density at radius 1 is 1.19 bits per heavy atom. The van der Waals surface area contributed by atoms with Crippen LogP contribution in [0.25, 0.3) is 6.08 Å². The second-order valence-corrected chi connectivity index (χ2v) is 5.93. The second kappa shape index (κ2) is 7.36. The number of nitrogens with zero attached hydrogens (tertiary/aromatic N) is 2. The van der Waals surface area contributed by atoms with Crippen molar-refractivity contribution in [2.45, 2.75) is 6.17 Å². The second-order valence-electron chi connectivity index (χ2n) is 5.93. The molecule has 8 nitrogen and oxygen atoms in total. The largest absolute Gasteiger partial charge is 0.493 e. The van der Waals surface area contributed by atoms with Crippen molar-refractivity contribution in [3.63, 3.8) is 0 Å². The first-order valence-electron chi connectivity index (χ1n) is 8.17. The zero-order valence-electron chi connectivity index (χ0n) is 15.1. The number of carbonyl (C=O) groups is 1. The van der Waals surface area contributed by atoms with Crippen molar-refractivity contribution in [3.8, 4) is 11.5 Å². The van der Waals surface area contributed by atoms with Gasteiger partial charge >= 0.3 is 0 Å². The van der Waals surface area contributed by atoms with Crippen LogP contribution >= 0.6 is 0 Å². The first-order valence-corrected chi connectivity index (χ1v) is 8.17. The Bertz CT molecular complexity index is 926. The third-order valence-electron chi connectivity index (χ3n) is 4.39. The summed E-state index contributed by atoms with van der Waals surface area (Å²) in [5.41, 5.74) is 1.53. The summed E-state index contributed by atoms with van der Waals surface area (Å²) in [4.78, 5) is 25.0. The summed E-state index contributed by atoms with van der Waals surface area (Å²) in [6.07, 6.45) is 2.87. The number of nitrogens with one attached hydrogen (secondary N) is 1. The molecule has 8 heteroatoms. The lowest BCUT2D eigenvalue weighted by Crippen LogP contribution is -2.45. The number of hydrogen-bond acceptors (Lipinski definition) is 6. The van der Waals surface area contributed by atoms with Gasteiger partial charge in [-0.3, -0.25) is 14.9 Å². The lowest BCUT2D eigenvalue weighted by Gasteiger charge is -2.34. The van der Waals surface area contributed by atoms with Crippen LogP contribution < -0.4 is 14.8 Å². The molecule has 27 heavy (non-hydrogen) atoms. The first kappa shape index (κ1) is 18.2. The Kier molecular flexibility index (Phi) is 4.98. The Balaban J connectivity index is 1.94. The molecule has 0 aliphatic carbocycles. The van der Waals surface area contributed by atoms with Gasteiger partial charge in [0, 0.05) is 19.2 Å². The number of hydrogen-bond donors (Lipinski definition) is 1.